The Morgan fingerprint density at radius 1 is 1.38 bits per heavy atom. The number of rotatable bonds is 3. The molecule has 0 bridgehead atoms. The molecule has 1 atom stereocenters. The summed E-state index contributed by atoms with van der Waals surface area (Å²) in [4.78, 5) is 3.67. The van der Waals surface area contributed by atoms with E-state index in [2.05, 4.69) is 14.7 Å². The molecule has 1 heterocycles. The number of aromatic nitrogens is 2. The highest BCUT2D eigenvalue weighted by Gasteiger charge is 2.53. The minimum Gasteiger partial charge on any atom is -0.337 e. The molecule has 0 aliphatic carbocycles. The van der Waals surface area contributed by atoms with E-state index < -0.39 is 17.6 Å². The van der Waals surface area contributed by atoms with Crippen LogP contribution < -0.4 is 5.73 Å². The predicted molar refractivity (Wildman–Crippen MR) is 50.4 cm³/mol. The Balaban J connectivity index is 2.93. The Morgan fingerprint density at radius 3 is 2.38 bits per heavy atom. The maximum Gasteiger partial charge on any atom is 0.415 e. The molecule has 0 amide bonds. The van der Waals surface area contributed by atoms with Crippen molar-refractivity contribution in [3.63, 3.8) is 0 Å². The van der Waals surface area contributed by atoms with Gasteiger partial charge in [-0.1, -0.05) is 19.0 Å². The van der Waals surface area contributed by atoms with Gasteiger partial charge in [-0.05, 0) is 12.8 Å². The van der Waals surface area contributed by atoms with Crippen LogP contribution in [0.3, 0.4) is 0 Å². The summed E-state index contributed by atoms with van der Waals surface area (Å²) in [5, 5.41) is 3.47. The number of alkyl halides is 3. The molecule has 4 nitrogen and oxygen atoms in total. The second kappa shape index (κ2) is 4.04. The molecule has 0 aliphatic rings. The van der Waals surface area contributed by atoms with Gasteiger partial charge in [-0.3, -0.25) is 0 Å². The zero-order valence-electron chi connectivity index (χ0n) is 9.30. The van der Waals surface area contributed by atoms with Gasteiger partial charge in [0.15, 0.2) is 11.4 Å². The fourth-order valence-electron chi connectivity index (χ4n) is 1.03. The van der Waals surface area contributed by atoms with Gasteiger partial charge in [0.25, 0.3) is 5.89 Å². The van der Waals surface area contributed by atoms with Crippen molar-refractivity contribution >= 4 is 0 Å². The molecule has 2 N–H and O–H groups in total. The number of halogens is 3. The van der Waals surface area contributed by atoms with E-state index in [1.807, 2.05) is 13.8 Å². The largest absolute Gasteiger partial charge is 0.415 e. The molecule has 92 valence electrons. The van der Waals surface area contributed by atoms with Crippen molar-refractivity contribution in [1.29, 1.82) is 0 Å². The SMILES string of the molecule is CC(C)Cc1noc(C(C)(N)C(F)(F)F)n1. The van der Waals surface area contributed by atoms with E-state index in [0.717, 1.165) is 6.92 Å². The van der Waals surface area contributed by atoms with Crippen LogP contribution in [0.25, 0.3) is 0 Å². The minimum atomic E-state index is -4.62. The van der Waals surface area contributed by atoms with Gasteiger partial charge in [-0.2, -0.15) is 18.2 Å². The predicted octanol–water partition coefficient (Wildman–Crippen LogP) is 2.00. The zero-order chi connectivity index (χ0) is 12.6. The van der Waals surface area contributed by atoms with E-state index in [0.29, 0.717) is 6.42 Å². The van der Waals surface area contributed by atoms with Crippen LogP contribution in [-0.4, -0.2) is 16.3 Å². The summed E-state index contributed by atoms with van der Waals surface area (Å²) in [6.07, 6.45) is -4.16. The Morgan fingerprint density at radius 2 is 1.94 bits per heavy atom. The van der Waals surface area contributed by atoms with Crippen molar-refractivity contribution in [2.24, 2.45) is 11.7 Å². The zero-order valence-corrected chi connectivity index (χ0v) is 9.30. The quantitative estimate of drug-likeness (QED) is 0.873. The maximum absolute atomic E-state index is 12.5. The van der Waals surface area contributed by atoms with Crippen molar-refractivity contribution in [2.75, 3.05) is 0 Å². The second-order valence-corrected chi connectivity index (χ2v) is 4.31. The molecule has 0 aliphatic heterocycles. The fraction of sp³-hybridized carbons (Fsp3) is 0.778. The number of nitrogens with two attached hydrogens (primary N) is 1. The average Bonchev–Trinajstić information content (AvgIpc) is 2.49. The standard InChI is InChI=1S/C9H14F3N3O/c1-5(2)4-6-14-7(16-15-6)8(3,13)9(10,11)12/h5H,4,13H2,1-3H3. The van der Waals surface area contributed by atoms with E-state index in [1.165, 1.54) is 0 Å². The van der Waals surface area contributed by atoms with Crippen LogP contribution in [0.4, 0.5) is 13.2 Å². The first kappa shape index (κ1) is 13.0. The Hall–Kier alpha value is -1.11. The summed E-state index contributed by atoms with van der Waals surface area (Å²) < 4.78 is 42.2. The third-order valence-electron chi connectivity index (χ3n) is 2.09. The molecule has 0 saturated carbocycles. The molecule has 0 aromatic carbocycles. The third kappa shape index (κ3) is 2.52. The Bertz CT molecular complexity index is 357. The van der Waals surface area contributed by atoms with Crippen molar-refractivity contribution in [2.45, 2.75) is 38.9 Å². The van der Waals surface area contributed by atoms with Gasteiger partial charge in [0, 0.05) is 6.42 Å². The first-order valence-electron chi connectivity index (χ1n) is 4.83. The molecule has 1 aromatic rings. The molecule has 16 heavy (non-hydrogen) atoms. The lowest BCUT2D eigenvalue weighted by atomic mass is 10.0. The van der Waals surface area contributed by atoms with Crippen LogP contribution in [0.2, 0.25) is 0 Å². The summed E-state index contributed by atoms with van der Waals surface area (Å²) in [7, 11) is 0. The fourth-order valence-corrected chi connectivity index (χ4v) is 1.03. The summed E-state index contributed by atoms with van der Waals surface area (Å²) in [6.45, 7) is 4.61. The van der Waals surface area contributed by atoms with Gasteiger partial charge < -0.3 is 10.3 Å². The van der Waals surface area contributed by atoms with Gasteiger partial charge in [-0.15, -0.1) is 0 Å². The smallest absolute Gasteiger partial charge is 0.337 e. The number of hydrogen-bond donors (Lipinski definition) is 1. The van der Waals surface area contributed by atoms with Gasteiger partial charge in [0.05, 0.1) is 0 Å². The van der Waals surface area contributed by atoms with E-state index in [-0.39, 0.29) is 11.7 Å². The highest BCUT2D eigenvalue weighted by Crippen LogP contribution is 2.35. The van der Waals surface area contributed by atoms with Crippen molar-refractivity contribution < 1.29 is 17.7 Å². The Kier molecular flexibility index (Phi) is 3.27. The summed E-state index contributed by atoms with van der Waals surface area (Å²) >= 11 is 0. The summed E-state index contributed by atoms with van der Waals surface area (Å²) in [5.41, 5.74) is 2.54. The molecule has 0 radical (unpaired) electrons. The van der Waals surface area contributed by atoms with Crippen LogP contribution >= 0.6 is 0 Å². The van der Waals surface area contributed by atoms with Crippen LogP contribution in [0.15, 0.2) is 4.52 Å². The molecule has 0 spiro atoms. The topological polar surface area (TPSA) is 64.9 Å². The molecule has 1 aromatic heterocycles. The first-order chi connectivity index (χ1) is 7.14. The molecule has 7 heteroatoms. The molecule has 1 rings (SSSR count). The summed E-state index contributed by atoms with van der Waals surface area (Å²) in [5.74, 6) is -0.123. The van der Waals surface area contributed by atoms with Gasteiger partial charge in [0.2, 0.25) is 0 Å². The van der Waals surface area contributed by atoms with Crippen LogP contribution in [0.1, 0.15) is 32.5 Å². The highest BCUT2D eigenvalue weighted by molar-refractivity contribution is 5.04. The average molecular weight is 237 g/mol. The van der Waals surface area contributed by atoms with E-state index >= 15 is 0 Å². The number of hydrogen-bond acceptors (Lipinski definition) is 4. The third-order valence-corrected chi connectivity index (χ3v) is 2.09. The van der Waals surface area contributed by atoms with Gasteiger partial charge in [0.1, 0.15) is 0 Å². The second-order valence-electron chi connectivity index (χ2n) is 4.31. The first-order valence-corrected chi connectivity index (χ1v) is 4.83. The normalized spacial score (nSPS) is 16.5. The van der Waals surface area contributed by atoms with E-state index in [4.69, 9.17) is 5.73 Å². The number of nitrogens with zero attached hydrogens (tertiary/aromatic N) is 2. The maximum atomic E-state index is 12.5. The minimum absolute atomic E-state index is 0.236. The molecule has 1 unspecified atom stereocenters. The van der Waals surface area contributed by atoms with E-state index in [9.17, 15) is 13.2 Å². The Labute approximate surface area is 91.0 Å². The van der Waals surface area contributed by atoms with Crippen LogP contribution in [0, 0.1) is 5.92 Å². The van der Waals surface area contributed by atoms with E-state index in [1.54, 1.807) is 0 Å². The molecule has 0 fully saturated rings. The van der Waals surface area contributed by atoms with Crippen LogP contribution in [0.5, 0.6) is 0 Å². The van der Waals surface area contributed by atoms with Crippen molar-refractivity contribution in [3.05, 3.63) is 11.7 Å². The summed E-state index contributed by atoms with van der Waals surface area (Å²) in [6, 6.07) is 0. The molecular formula is C9H14F3N3O. The lowest BCUT2D eigenvalue weighted by Crippen LogP contribution is -2.48. The van der Waals surface area contributed by atoms with Gasteiger partial charge in [-0.25, -0.2) is 0 Å². The van der Waals surface area contributed by atoms with Crippen molar-refractivity contribution in [3.8, 4) is 0 Å². The van der Waals surface area contributed by atoms with Crippen molar-refractivity contribution in [1.82, 2.24) is 10.1 Å². The van der Waals surface area contributed by atoms with Crippen LogP contribution in [-0.2, 0) is 12.0 Å². The lowest BCUT2D eigenvalue weighted by Gasteiger charge is -2.22. The monoisotopic (exact) mass is 237 g/mol. The highest BCUT2D eigenvalue weighted by atomic mass is 19.4. The molecular weight excluding hydrogens is 223 g/mol. The molecule has 0 saturated heterocycles. The van der Waals surface area contributed by atoms with Gasteiger partial charge >= 0.3 is 6.18 Å². The lowest BCUT2D eigenvalue weighted by molar-refractivity contribution is -0.190.